The van der Waals surface area contributed by atoms with Gasteiger partial charge in [-0.05, 0) is 30.7 Å². The molecule has 0 spiro atoms. The summed E-state index contributed by atoms with van der Waals surface area (Å²) in [6, 6.07) is 5.34. The molecule has 0 saturated heterocycles. The maximum absolute atomic E-state index is 11.9. The zero-order valence-corrected chi connectivity index (χ0v) is 11.8. The van der Waals surface area contributed by atoms with Crippen molar-refractivity contribution >= 4 is 16.0 Å². The largest absolute Gasteiger partial charge is 0.482 e. The van der Waals surface area contributed by atoms with Crippen LogP contribution in [0.1, 0.15) is 13.3 Å². The van der Waals surface area contributed by atoms with Gasteiger partial charge in [0.1, 0.15) is 5.75 Å². The van der Waals surface area contributed by atoms with Crippen molar-refractivity contribution < 1.29 is 28.2 Å². The summed E-state index contributed by atoms with van der Waals surface area (Å²) in [6.07, 6.45) is -0.284. The first-order valence-corrected chi connectivity index (χ1v) is 7.46. The normalized spacial score (nSPS) is 12.9. The number of aliphatic hydroxyl groups excluding tert-OH is 1. The van der Waals surface area contributed by atoms with Crippen LogP contribution in [-0.2, 0) is 14.8 Å². The molecule has 3 N–H and O–H groups in total. The van der Waals surface area contributed by atoms with Crippen LogP contribution in [0.2, 0.25) is 0 Å². The molecule has 0 heterocycles. The molecular weight excluding hydrogens is 286 g/mol. The van der Waals surface area contributed by atoms with Crippen molar-refractivity contribution in [2.45, 2.75) is 24.3 Å². The maximum atomic E-state index is 11.9. The number of rotatable bonds is 8. The highest BCUT2D eigenvalue weighted by Crippen LogP contribution is 2.15. The number of aliphatic hydroxyl groups is 1. The lowest BCUT2D eigenvalue weighted by Gasteiger charge is -2.10. The predicted octanol–water partition coefficient (Wildman–Crippen LogP) is 0.199. The number of ether oxygens (including phenoxy) is 1. The minimum absolute atomic E-state index is 0.0171. The van der Waals surface area contributed by atoms with E-state index in [1.165, 1.54) is 24.3 Å². The molecular formula is C12H17NO6S. The fourth-order valence-corrected chi connectivity index (χ4v) is 2.37. The van der Waals surface area contributed by atoms with Gasteiger partial charge in [0.05, 0.1) is 11.0 Å². The Bertz CT molecular complexity index is 540. The lowest BCUT2D eigenvalue weighted by atomic mass is 10.3. The van der Waals surface area contributed by atoms with Crippen LogP contribution >= 0.6 is 0 Å². The Morgan fingerprint density at radius 3 is 2.45 bits per heavy atom. The SMILES string of the molecule is CCC(O)CNS(=O)(=O)c1ccc(OCC(=O)O)cc1. The molecule has 0 radical (unpaired) electrons. The van der Waals surface area contributed by atoms with E-state index in [0.717, 1.165) is 0 Å². The average Bonchev–Trinajstić information content (AvgIpc) is 2.43. The molecule has 1 unspecified atom stereocenters. The van der Waals surface area contributed by atoms with Crippen LogP contribution in [0.5, 0.6) is 5.75 Å². The van der Waals surface area contributed by atoms with Crippen molar-refractivity contribution in [1.82, 2.24) is 4.72 Å². The molecule has 8 heteroatoms. The highest BCUT2D eigenvalue weighted by atomic mass is 32.2. The third-order valence-electron chi connectivity index (χ3n) is 2.48. The molecule has 0 fully saturated rings. The van der Waals surface area contributed by atoms with Crippen molar-refractivity contribution in [2.24, 2.45) is 0 Å². The van der Waals surface area contributed by atoms with E-state index in [2.05, 4.69) is 4.72 Å². The number of nitrogens with one attached hydrogen (secondary N) is 1. The first kappa shape index (κ1) is 16.4. The molecule has 0 amide bonds. The van der Waals surface area contributed by atoms with Crippen LogP contribution in [0.15, 0.2) is 29.2 Å². The van der Waals surface area contributed by atoms with Gasteiger partial charge in [-0.25, -0.2) is 17.9 Å². The van der Waals surface area contributed by atoms with Crippen LogP contribution in [0.4, 0.5) is 0 Å². The molecule has 1 atom stereocenters. The van der Waals surface area contributed by atoms with E-state index >= 15 is 0 Å². The average molecular weight is 303 g/mol. The van der Waals surface area contributed by atoms with E-state index in [0.29, 0.717) is 6.42 Å². The Morgan fingerprint density at radius 1 is 1.35 bits per heavy atom. The van der Waals surface area contributed by atoms with E-state index in [1.807, 2.05) is 0 Å². The number of carboxylic acids is 1. The van der Waals surface area contributed by atoms with Gasteiger partial charge in [0, 0.05) is 6.54 Å². The molecule has 0 saturated carbocycles. The lowest BCUT2D eigenvalue weighted by molar-refractivity contribution is -0.139. The highest BCUT2D eigenvalue weighted by Gasteiger charge is 2.15. The van der Waals surface area contributed by atoms with E-state index < -0.39 is 28.7 Å². The summed E-state index contributed by atoms with van der Waals surface area (Å²) < 4.78 is 30.9. The Hall–Kier alpha value is -1.64. The number of carboxylic acid groups (broad SMARTS) is 1. The summed E-state index contributed by atoms with van der Waals surface area (Å²) in [5, 5.41) is 17.8. The summed E-state index contributed by atoms with van der Waals surface area (Å²) in [4.78, 5) is 10.3. The van der Waals surface area contributed by atoms with Crippen molar-refractivity contribution in [2.75, 3.05) is 13.2 Å². The fraction of sp³-hybridized carbons (Fsp3) is 0.417. The second-order valence-electron chi connectivity index (χ2n) is 4.07. The molecule has 0 aliphatic heterocycles. The zero-order valence-electron chi connectivity index (χ0n) is 10.9. The van der Waals surface area contributed by atoms with Gasteiger partial charge in [-0.2, -0.15) is 0 Å². The standard InChI is InChI=1S/C12H17NO6S/c1-2-9(14)7-13-20(17,18)11-5-3-10(4-6-11)19-8-12(15)16/h3-6,9,13-14H,2,7-8H2,1H3,(H,15,16). The Kier molecular flexibility index (Phi) is 5.93. The molecule has 1 aromatic carbocycles. The highest BCUT2D eigenvalue weighted by molar-refractivity contribution is 7.89. The van der Waals surface area contributed by atoms with E-state index in [9.17, 15) is 18.3 Å². The number of aliphatic carboxylic acids is 1. The smallest absolute Gasteiger partial charge is 0.341 e. The number of benzene rings is 1. The summed E-state index contributed by atoms with van der Waals surface area (Å²) >= 11 is 0. The van der Waals surface area contributed by atoms with E-state index in [4.69, 9.17) is 9.84 Å². The molecule has 20 heavy (non-hydrogen) atoms. The van der Waals surface area contributed by atoms with Crippen molar-refractivity contribution in [3.63, 3.8) is 0 Å². The number of sulfonamides is 1. The van der Waals surface area contributed by atoms with Crippen LogP contribution in [-0.4, -0.2) is 43.9 Å². The molecule has 112 valence electrons. The molecule has 7 nitrogen and oxygen atoms in total. The van der Waals surface area contributed by atoms with Crippen LogP contribution < -0.4 is 9.46 Å². The van der Waals surface area contributed by atoms with Gasteiger partial charge in [-0.1, -0.05) is 6.92 Å². The van der Waals surface area contributed by atoms with Gasteiger partial charge in [-0.15, -0.1) is 0 Å². The fourth-order valence-electron chi connectivity index (χ4n) is 1.29. The van der Waals surface area contributed by atoms with Gasteiger partial charge < -0.3 is 14.9 Å². The number of hydrogen-bond acceptors (Lipinski definition) is 5. The quantitative estimate of drug-likeness (QED) is 0.632. The van der Waals surface area contributed by atoms with Gasteiger partial charge in [0.2, 0.25) is 10.0 Å². The van der Waals surface area contributed by atoms with Crippen molar-refractivity contribution in [3.05, 3.63) is 24.3 Å². The van der Waals surface area contributed by atoms with Gasteiger partial charge in [0.15, 0.2) is 6.61 Å². The van der Waals surface area contributed by atoms with Gasteiger partial charge in [-0.3, -0.25) is 0 Å². The van der Waals surface area contributed by atoms with Gasteiger partial charge in [0.25, 0.3) is 0 Å². The van der Waals surface area contributed by atoms with E-state index in [-0.39, 0.29) is 17.2 Å². The predicted molar refractivity (Wildman–Crippen MR) is 71.1 cm³/mol. The maximum Gasteiger partial charge on any atom is 0.341 e. The minimum Gasteiger partial charge on any atom is -0.482 e. The summed E-state index contributed by atoms with van der Waals surface area (Å²) in [5.41, 5.74) is 0. The molecule has 0 aromatic heterocycles. The Morgan fingerprint density at radius 2 is 1.95 bits per heavy atom. The molecule has 0 aliphatic rings. The molecule has 0 bridgehead atoms. The first-order chi connectivity index (χ1) is 9.35. The van der Waals surface area contributed by atoms with E-state index in [1.54, 1.807) is 6.92 Å². The van der Waals surface area contributed by atoms with Crippen LogP contribution in [0.25, 0.3) is 0 Å². The number of hydrogen-bond donors (Lipinski definition) is 3. The van der Waals surface area contributed by atoms with Crippen molar-refractivity contribution in [3.8, 4) is 5.75 Å². The second-order valence-corrected chi connectivity index (χ2v) is 5.83. The van der Waals surface area contributed by atoms with Crippen LogP contribution in [0, 0.1) is 0 Å². The topological polar surface area (TPSA) is 113 Å². The molecule has 0 aliphatic carbocycles. The van der Waals surface area contributed by atoms with Crippen LogP contribution in [0.3, 0.4) is 0 Å². The third kappa shape index (κ3) is 5.16. The molecule has 1 aromatic rings. The first-order valence-electron chi connectivity index (χ1n) is 5.97. The summed E-state index contributed by atoms with van der Waals surface area (Å²) in [5.74, 6) is -0.850. The zero-order chi connectivity index (χ0) is 15.2. The monoisotopic (exact) mass is 303 g/mol. The lowest BCUT2D eigenvalue weighted by Crippen LogP contribution is -2.31. The summed E-state index contributed by atoms with van der Waals surface area (Å²) in [6.45, 7) is 1.19. The Labute approximate surface area is 117 Å². The van der Waals surface area contributed by atoms with Crippen molar-refractivity contribution in [1.29, 1.82) is 0 Å². The number of carbonyl (C=O) groups is 1. The Balaban J connectivity index is 2.69. The summed E-state index contributed by atoms with van der Waals surface area (Å²) in [7, 11) is -3.70. The minimum atomic E-state index is -3.70. The van der Waals surface area contributed by atoms with Gasteiger partial charge >= 0.3 is 5.97 Å². The molecule has 1 rings (SSSR count). The second kappa shape index (κ2) is 7.22. The third-order valence-corrected chi connectivity index (χ3v) is 3.92.